The van der Waals surface area contributed by atoms with Gasteiger partial charge in [-0.3, -0.25) is 33.4 Å². The molecule has 0 saturated heterocycles. The van der Waals surface area contributed by atoms with Crippen LogP contribution < -0.4 is 26.6 Å². The summed E-state index contributed by atoms with van der Waals surface area (Å²) >= 11 is 3.29. The van der Waals surface area contributed by atoms with Gasteiger partial charge in [-0.15, -0.1) is 0 Å². The standard InChI is InChI=1S/C22H26BrN7O4.C14H30O.C13H26N2O3.C4H11N.C3H8.C2H4O/c1-15(28-22(34)17-11-27-30(13-17)8-6-23)21(33)25-12-20(32)29-19-4-2-3-16(10-19)9-18(5-7-24)26-14-31;1-7-12(4)9-8-10-13(5)14(15-6)11(2)3;1-6-10(3)13(11(7-2)18-5)15(4)12(17)8-14-9-16;1-4-5(2)3;1-3-2;1-2-3/h2-4,10-11,13-15,18H,5-6,8-9,12H2,1H3,(H,25,33)(H,26,31)(H,28,34)(H,29,32);11-14H,7-10H2,1-6H3;9-11,13H,6-8H2,1-5H3,(H,14,16);4H2,1-3H3;3H2,1-2H3;2H,1H3. The van der Waals surface area contributed by atoms with Crippen molar-refractivity contribution in [3.63, 3.8) is 0 Å². The number of benzene rings is 1. The highest BCUT2D eigenvalue weighted by molar-refractivity contribution is 9.09. The fraction of sp³-hybridized carbons (Fsp3) is 0.707. The predicted octanol–water partition coefficient (Wildman–Crippen LogP) is 8.45. The highest BCUT2D eigenvalue weighted by atomic mass is 79.9. The van der Waals surface area contributed by atoms with E-state index in [0.29, 0.717) is 66.2 Å². The Morgan fingerprint density at radius 2 is 1.49 bits per heavy atom. The van der Waals surface area contributed by atoms with Crippen molar-refractivity contribution in [3.8, 4) is 6.07 Å². The number of aromatic nitrogens is 2. The molecule has 19 nitrogen and oxygen atoms in total. The van der Waals surface area contributed by atoms with E-state index in [0.717, 1.165) is 37.2 Å². The lowest BCUT2D eigenvalue weighted by Gasteiger charge is -2.37. The molecule has 2 rings (SSSR count). The van der Waals surface area contributed by atoms with Gasteiger partial charge in [0.15, 0.2) is 0 Å². The van der Waals surface area contributed by atoms with Crippen LogP contribution in [-0.2, 0) is 51.2 Å². The highest BCUT2D eigenvalue weighted by Gasteiger charge is 2.31. The molecule has 0 aliphatic rings. The van der Waals surface area contributed by atoms with Crippen LogP contribution in [0.25, 0.3) is 0 Å². The predicted molar refractivity (Wildman–Crippen MR) is 319 cm³/mol. The zero-order chi connectivity index (χ0) is 60.6. The number of carbonyl (C=O) groups is 7. The van der Waals surface area contributed by atoms with Crippen molar-refractivity contribution in [1.82, 2.24) is 40.8 Å². The number of halogens is 1. The van der Waals surface area contributed by atoms with E-state index >= 15 is 0 Å². The van der Waals surface area contributed by atoms with E-state index in [4.69, 9.17) is 19.5 Å². The molecule has 0 bridgehead atoms. The van der Waals surface area contributed by atoms with E-state index in [1.54, 1.807) is 48.1 Å². The van der Waals surface area contributed by atoms with Gasteiger partial charge in [-0.2, -0.15) is 10.4 Å². The summed E-state index contributed by atoms with van der Waals surface area (Å²) < 4.78 is 12.6. The molecular weight excluding hydrogens is 1060 g/mol. The van der Waals surface area contributed by atoms with Gasteiger partial charge in [0.2, 0.25) is 30.5 Å². The smallest absolute Gasteiger partial charge is 0.255 e. The first-order valence-electron chi connectivity index (χ1n) is 27.7. The molecule has 448 valence electrons. The SMILES string of the molecule is CC(NC(=O)c1cnn(CCBr)c1)C(=O)NCC(=O)Nc1cccc(CC(CC#N)NC=O)c1.CC=O.CCC.CCC(C)C(C(CC)OC)N(C)C(=O)CNC=O.CCC(C)CCCC(C)C(OC)C(C)C.CCN(C)C. The third-order valence-electron chi connectivity index (χ3n) is 12.4. The van der Waals surface area contributed by atoms with Gasteiger partial charge < -0.3 is 50.7 Å². The summed E-state index contributed by atoms with van der Waals surface area (Å²) in [7, 11) is 9.40. The van der Waals surface area contributed by atoms with Crippen molar-refractivity contribution in [2.24, 2.45) is 23.7 Å². The number of carbonyl (C=O) groups excluding carboxylic acids is 7. The summed E-state index contributed by atoms with van der Waals surface area (Å²) in [5.41, 5.74) is 1.67. The van der Waals surface area contributed by atoms with Gasteiger partial charge in [0, 0.05) is 44.5 Å². The normalized spacial score (nSPS) is 13.3. The van der Waals surface area contributed by atoms with Gasteiger partial charge in [0.1, 0.15) is 12.3 Å². The average molecular weight is 1170 g/mol. The number of hydrogen-bond donors (Lipinski definition) is 5. The molecular formula is C58H105BrN10O9. The van der Waals surface area contributed by atoms with E-state index in [9.17, 15) is 28.8 Å². The van der Waals surface area contributed by atoms with E-state index < -0.39 is 23.8 Å². The van der Waals surface area contributed by atoms with E-state index in [-0.39, 0.29) is 43.6 Å². The minimum absolute atomic E-state index is 0.0186. The second-order valence-corrected chi connectivity index (χ2v) is 20.4. The Kier molecular flexibility index (Phi) is 52.0. The molecule has 6 amide bonds. The van der Waals surface area contributed by atoms with Gasteiger partial charge in [0.25, 0.3) is 5.91 Å². The molecule has 5 N–H and O–H groups in total. The lowest BCUT2D eigenvalue weighted by atomic mass is 9.89. The fourth-order valence-electron chi connectivity index (χ4n) is 7.54. The van der Waals surface area contributed by atoms with Gasteiger partial charge in [0.05, 0.1) is 62.1 Å². The van der Waals surface area contributed by atoms with E-state index in [1.165, 1.54) is 52.1 Å². The molecule has 0 fully saturated rings. The van der Waals surface area contributed by atoms with Gasteiger partial charge in [-0.1, -0.05) is 136 Å². The van der Waals surface area contributed by atoms with Crippen molar-refractivity contribution in [2.75, 3.05) is 65.6 Å². The number of alkyl halides is 1. The molecule has 1 aromatic heterocycles. The number of nitriles is 1. The van der Waals surface area contributed by atoms with E-state index in [1.807, 2.05) is 26.2 Å². The third-order valence-corrected chi connectivity index (χ3v) is 12.7. The maximum absolute atomic E-state index is 12.3. The lowest BCUT2D eigenvalue weighted by molar-refractivity contribution is -0.136. The zero-order valence-electron chi connectivity index (χ0n) is 51.1. The van der Waals surface area contributed by atoms with Crippen LogP contribution in [0.3, 0.4) is 0 Å². The Bertz CT molecular complexity index is 1910. The summed E-state index contributed by atoms with van der Waals surface area (Å²) in [6.07, 6.45) is 14.3. The summed E-state index contributed by atoms with van der Waals surface area (Å²) in [6.45, 7) is 28.5. The minimum atomic E-state index is -0.856. The number of aryl methyl sites for hydroxylation is 1. The van der Waals surface area contributed by atoms with Crippen molar-refractivity contribution in [3.05, 3.63) is 47.8 Å². The topological polar surface area (TPSA) is 246 Å². The quantitative estimate of drug-likeness (QED) is 0.0353. The van der Waals surface area contributed by atoms with Gasteiger partial charge >= 0.3 is 0 Å². The number of nitrogens with one attached hydrogen (secondary N) is 5. The molecule has 0 saturated carbocycles. The molecule has 0 spiro atoms. The van der Waals surface area contributed by atoms with Crippen molar-refractivity contribution >= 4 is 64.4 Å². The van der Waals surface area contributed by atoms with Gasteiger partial charge in [-0.05, 0) is 95.1 Å². The molecule has 1 aromatic carbocycles. The average Bonchev–Trinajstić information content (AvgIpc) is 3.88. The zero-order valence-corrected chi connectivity index (χ0v) is 52.7. The number of likely N-dealkylation sites (N-methyl/N-ethyl adjacent to an activating group) is 1. The number of nitrogens with zero attached hydrogens (tertiary/aromatic N) is 5. The number of amides is 6. The molecule has 0 aliphatic heterocycles. The number of methoxy groups -OCH3 is 2. The van der Waals surface area contributed by atoms with Crippen LogP contribution >= 0.6 is 15.9 Å². The van der Waals surface area contributed by atoms with Gasteiger partial charge in [-0.25, -0.2) is 0 Å². The fourth-order valence-corrected chi connectivity index (χ4v) is 7.91. The van der Waals surface area contributed by atoms with Crippen molar-refractivity contribution in [2.45, 2.75) is 185 Å². The Hall–Kier alpha value is -5.23. The van der Waals surface area contributed by atoms with Crippen LogP contribution in [0.1, 0.15) is 157 Å². The van der Waals surface area contributed by atoms with Crippen LogP contribution in [-0.4, -0.2) is 153 Å². The van der Waals surface area contributed by atoms with Crippen LogP contribution in [0.5, 0.6) is 0 Å². The van der Waals surface area contributed by atoms with Crippen LogP contribution in [0, 0.1) is 35.0 Å². The van der Waals surface area contributed by atoms with E-state index in [2.05, 4.69) is 136 Å². The molecule has 8 atom stereocenters. The number of hydrogen-bond acceptors (Lipinski definition) is 12. The molecule has 0 radical (unpaired) electrons. The number of aldehydes is 1. The molecule has 2 aromatic rings. The number of rotatable bonds is 31. The molecule has 0 aliphatic carbocycles. The summed E-state index contributed by atoms with van der Waals surface area (Å²) in [5.74, 6) is 1.07. The first-order chi connectivity index (χ1) is 37.0. The summed E-state index contributed by atoms with van der Waals surface area (Å²) in [4.78, 5) is 82.3. The van der Waals surface area contributed by atoms with Crippen molar-refractivity contribution in [1.29, 1.82) is 5.26 Å². The summed E-state index contributed by atoms with van der Waals surface area (Å²) in [6, 6.07) is 7.85. The van der Waals surface area contributed by atoms with Crippen LogP contribution in [0.15, 0.2) is 36.7 Å². The highest BCUT2D eigenvalue weighted by Crippen LogP contribution is 2.23. The Morgan fingerprint density at radius 1 is 0.872 bits per heavy atom. The minimum Gasteiger partial charge on any atom is -0.381 e. The first-order valence-corrected chi connectivity index (χ1v) is 28.8. The second kappa shape index (κ2) is 51.2. The molecule has 78 heavy (non-hydrogen) atoms. The monoisotopic (exact) mass is 1160 g/mol. The second-order valence-electron chi connectivity index (χ2n) is 19.7. The number of ether oxygens (including phenoxy) is 2. The largest absolute Gasteiger partial charge is 0.381 e. The third kappa shape index (κ3) is 39.2. The Morgan fingerprint density at radius 3 is 1.96 bits per heavy atom. The van der Waals surface area contributed by atoms with Crippen LogP contribution in [0.2, 0.25) is 0 Å². The first kappa shape index (κ1) is 79.3. The summed E-state index contributed by atoms with van der Waals surface area (Å²) in [5, 5.41) is 26.3. The maximum atomic E-state index is 12.3. The van der Waals surface area contributed by atoms with Crippen LogP contribution in [0.4, 0.5) is 5.69 Å². The Balaban J connectivity index is -0.000000521. The molecule has 1 heterocycles. The lowest BCUT2D eigenvalue weighted by Crippen LogP contribution is -2.51. The molecule has 8 unspecified atom stereocenters. The maximum Gasteiger partial charge on any atom is 0.255 e. The number of anilines is 1. The van der Waals surface area contributed by atoms with Crippen molar-refractivity contribution < 1.29 is 43.0 Å². The Labute approximate surface area is 479 Å². The molecule has 20 heteroatoms.